The highest BCUT2D eigenvalue weighted by atomic mass is 19.4. The number of allylic oxidation sites excluding steroid dienone is 1. The van der Waals surface area contributed by atoms with Gasteiger partial charge in [0.15, 0.2) is 0 Å². The summed E-state index contributed by atoms with van der Waals surface area (Å²) < 4.78 is 61.8. The molecule has 5 nitrogen and oxygen atoms in total. The molecule has 0 saturated heterocycles. The van der Waals surface area contributed by atoms with Crippen LogP contribution in [0.1, 0.15) is 23.1 Å². The summed E-state index contributed by atoms with van der Waals surface area (Å²) in [5.74, 6) is -0.111. The summed E-state index contributed by atoms with van der Waals surface area (Å²) in [5, 5.41) is 5.91. The SMILES string of the molecule is CNC(=O)/C=C/CNCCOc1ccc(/C(=C(/CC(F)(F)F)c2ccccc2)c2ccc3[nH]cc(F)c3c2)cc1. The number of hydrogen-bond acceptors (Lipinski definition) is 3. The third-order valence-corrected chi connectivity index (χ3v) is 6.19. The summed E-state index contributed by atoms with van der Waals surface area (Å²) in [6, 6.07) is 20.2. The minimum Gasteiger partial charge on any atom is -0.492 e. The topological polar surface area (TPSA) is 66.2 Å². The highest BCUT2D eigenvalue weighted by molar-refractivity contribution is 6.00. The molecule has 1 amide bonds. The van der Waals surface area contributed by atoms with Crippen molar-refractivity contribution in [2.24, 2.45) is 0 Å². The van der Waals surface area contributed by atoms with Crippen LogP contribution in [0, 0.1) is 5.82 Å². The summed E-state index contributed by atoms with van der Waals surface area (Å²) in [7, 11) is 1.55. The van der Waals surface area contributed by atoms with Crippen molar-refractivity contribution >= 4 is 28.0 Å². The Bertz CT molecular complexity index is 1490. The lowest BCUT2D eigenvalue weighted by atomic mass is 9.87. The number of rotatable bonds is 11. The number of nitrogens with one attached hydrogen (secondary N) is 3. The van der Waals surface area contributed by atoms with E-state index < -0.39 is 18.4 Å². The second-order valence-corrected chi connectivity index (χ2v) is 9.00. The Morgan fingerprint density at radius 1 is 0.975 bits per heavy atom. The summed E-state index contributed by atoms with van der Waals surface area (Å²) in [5.41, 5.74) is 2.45. The van der Waals surface area contributed by atoms with Crippen molar-refractivity contribution in [1.29, 1.82) is 0 Å². The first-order chi connectivity index (χ1) is 19.2. The van der Waals surface area contributed by atoms with Gasteiger partial charge in [-0.15, -0.1) is 0 Å². The van der Waals surface area contributed by atoms with Crippen molar-refractivity contribution in [3.8, 4) is 5.75 Å². The number of aromatic nitrogens is 1. The number of halogens is 4. The van der Waals surface area contributed by atoms with Crippen molar-refractivity contribution in [2.75, 3.05) is 26.7 Å². The molecule has 0 saturated carbocycles. The van der Waals surface area contributed by atoms with Gasteiger partial charge in [0.25, 0.3) is 0 Å². The van der Waals surface area contributed by atoms with E-state index in [4.69, 9.17) is 4.74 Å². The number of aromatic amines is 1. The molecule has 3 aromatic carbocycles. The van der Waals surface area contributed by atoms with Gasteiger partial charge in [-0.3, -0.25) is 4.79 Å². The molecule has 9 heteroatoms. The molecule has 0 unspecified atom stereocenters. The van der Waals surface area contributed by atoms with Gasteiger partial charge in [0.2, 0.25) is 5.91 Å². The summed E-state index contributed by atoms with van der Waals surface area (Å²) >= 11 is 0. The molecule has 0 aliphatic rings. The summed E-state index contributed by atoms with van der Waals surface area (Å²) in [6.07, 6.45) is -1.26. The van der Waals surface area contributed by atoms with Gasteiger partial charge in [-0.05, 0) is 52.1 Å². The molecule has 3 N–H and O–H groups in total. The van der Waals surface area contributed by atoms with E-state index in [2.05, 4.69) is 15.6 Å². The van der Waals surface area contributed by atoms with E-state index in [0.29, 0.717) is 58.6 Å². The van der Waals surface area contributed by atoms with Gasteiger partial charge < -0.3 is 20.4 Å². The van der Waals surface area contributed by atoms with Crippen molar-refractivity contribution in [1.82, 2.24) is 15.6 Å². The maximum absolute atomic E-state index is 14.4. The minimum atomic E-state index is -4.47. The molecule has 1 heterocycles. The molecular formula is C31H29F4N3O2. The van der Waals surface area contributed by atoms with Crippen LogP contribution in [-0.4, -0.2) is 43.8 Å². The fourth-order valence-corrected chi connectivity index (χ4v) is 4.33. The average molecular weight is 552 g/mol. The van der Waals surface area contributed by atoms with Gasteiger partial charge in [0, 0.05) is 43.3 Å². The van der Waals surface area contributed by atoms with Gasteiger partial charge in [0.05, 0.1) is 6.42 Å². The van der Waals surface area contributed by atoms with Crippen LogP contribution in [0.4, 0.5) is 17.6 Å². The maximum Gasteiger partial charge on any atom is 0.393 e. The lowest BCUT2D eigenvalue weighted by Crippen LogP contribution is -2.21. The number of benzene rings is 3. The number of alkyl halides is 3. The predicted octanol–water partition coefficient (Wildman–Crippen LogP) is 6.49. The predicted molar refractivity (Wildman–Crippen MR) is 149 cm³/mol. The summed E-state index contributed by atoms with van der Waals surface area (Å²) in [6.45, 7) is 1.37. The van der Waals surface area contributed by atoms with Crippen molar-refractivity contribution in [2.45, 2.75) is 12.6 Å². The van der Waals surface area contributed by atoms with Gasteiger partial charge in [-0.2, -0.15) is 13.2 Å². The molecule has 40 heavy (non-hydrogen) atoms. The minimum absolute atomic E-state index is 0.0890. The molecule has 4 aromatic rings. The molecule has 4 rings (SSSR count). The number of fused-ring (bicyclic) bond motifs is 1. The van der Waals surface area contributed by atoms with Crippen LogP contribution >= 0.6 is 0 Å². The van der Waals surface area contributed by atoms with Crippen LogP contribution in [0.3, 0.4) is 0 Å². The van der Waals surface area contributed by atoms with E-state index in [-0.39, 0.29) is 11.5 Å². The Morgan fingerprint density at radius 2 is 1.70 bits per heavy atom. The zero-order valence-electron chi connectivity index (χ0n) is 21.8. The number of carbonyl (C=O) groups is 1. The number of likely N-dealkylation sites (N-methyl/N-ethyl adjacent to an activating group) is 1. The molecule has 0 radical (unpaired) electrons. The van der Waals surface area contributed by atoms with E-state index in [9.17, 15) is 22.4 Å². The monoisotopic (exact) mass is 551 g/mol. The Labute approximate surface area is 229 Å². The zero-order chi connectivity index (χ0) is 28.5. The van der Waals surface area contributed by atoms with Crippen molar-refractivity contribution < 1.29 is 27.1 Å². The highest BCUT2D eigenvalue weighted by Crippen LogP contribution is 2.40. The molecule has 0 aliphatic carbocycles. The van der Waals surface area contributed by atoms with E-state index in [1.807, 2.05) is 0 Å². The molecule has 1 aromatic heterocycles. The molecule has 208 valence electrons. The summed E-state index contributed by atoms with van der Waals surface area (Å²) in [4.78, 5) is 14.0. The first kappa shape index (κ1) is 28.6. The quantitative estimate of drug-likeness (QED) is 0.0864. The number of amides is 1. The Balaban J connectivity index is 1.64. The molecule has 0 spiro atoms. The lowest BCUT2D eigenvalue weighted by molar-refractivity contribution is -0.123. The van der Waals surface area contributed by atoms with Gasteiger partial charge in [-0.1, -0.05) is 54.6 Å². The number of ether oxygens (including phenoxy) is 1. The molecule has 0 fully saturated rings. The van der Waals surface area contributed by atoms with Crippen molar-refractivity contribution in [3.63, 3.8) is 0 Å². The third-order valence-electron chi connectivity index (χ3n) is 6.19. The van der Waals surface area contributed by atoms with Crippen LogP contribution in [-0.2, 0) is 4.79 Å². The molecular weight excluding hydrogens is 522 g/mol. The van der Waals surface area contributed by atoms with Crippen LogP contribution in [0.2, 0.25) is 0 Å². The standard InChI is InChI=1S/C31H29F4N3O2/c1-36-29(39)8-5-15-37-16-17-40-24-12-9-22(10-13-24)30(23-11-14-28-25(18-23)27(32)20-38-28)26(19-31(33,34)35)21-6-3-2-4-7-21/h2-14,18,20,37-38H,15-17,19H2,1H3,(H,36,39)/b8-5+,30-26+. The number of hydrogen-bond donors (Lipinski definition) is 3. The van der Waals surface area contributed by atoms with E-state index in [1.54, 1.807) is 85.9 Å². The maximum atomic E-state index is 14.4. The van der Waals surface area contributed by atoms with Crippen LogP contribution in [0.15, 0.2) is 91.1 Å². The normalized spacial score (nSPS) is 12.5. The smallest absolute Gasteiger partial charge is 0.393 e. The lowest BCUT2D eigenvalue weighted by Gasteiger charge is -2.19. The number of H-pyrrole nitrogens is 1. The zero-order valence-corrected chi connectivity index (χ0v) is 21.8. The fraction of sp³-hybridized carbons (Fsp3) is 0.194. The van der Waals surface area contributed by atoms with E-state index in [1.165, 1.54) is 12.3 Å². The van der Waals surface area contributed by atoms with Crippen molar-refractivity contribution in [3.05, 3.63) is 114 Å². The first-order valence-electron chi connectivity index (χ1n) is 12.7. The second kappa shape index (κ2) is 13.1. The number of carbonyl (C=O) groups excluding carboxylic acids is 1. The Hall–Kier alpha value is -4.37. The van der Waals surface area contributed by atoms with Gasteiger partial charge >= 0.3 is 6.18 Å². The molecule has 0 bridgehead atoms. The Morgan fingerprint density at radius 3 is 2.40 bits per heavy atom. The van der Waals surface area contributed by atoms with Crippen LogP contribution in [0.25, 0.3) is 22.0 Å². The average Bonchev–Trinajstić information content (AvgIpc) is 3.32. The Kier molecular flexibility index (Phi) is 9.39. The van der Waals surface area contributed by atoms with Crippen LogP contribution < -0.4 is 15.4 Å². The van der Waals surface area contributed by atoms with E-state index in [0.717, 1.165) is 0 Å². The van der Waals surface area contributed by atoms with Gasteiger partial charge in [0.1, 0.15) is 18.2 Å². The third kappa shape index (κ3) is 7.60. The van der Waals surface area contributed by atoms with E-state index >= 15 is 0 Å². The van der Waals surface area contributed by atoms with Crippen LogP contribution in [0.5, 0.6) is 5.75 Å². The van der Waals surface area contributed by atoms with Gasteiger partial charge in [-0.25, -0.2) is 4.39 Å². The molecule has 0 aliphatic heterocycles. The highest BCUT2D eigenvalue weighted by Gasteiger charge is 2.31. The molecule has 0 atom stereocenters. The fourth-order valence-electron chi connectivity index (χ4n) is 4.33. The largest absolute Gasteiger partial charge is 0.492 e. The first-order valence-corrected chi connectivity index (χ1v) is 12.7. The second-order valence-electron chi connectivity index (χ2n) is 9.00.